The minimum absolute atomic E-state index is 0.187. The van der Waals surface area contributed by atoms with E-state index in [1.165, 1.54) is 28.9 Å². The molecule has 0 saturated carbocycles. The lowest BCUT2D eigenvalue weighted by atomic mass is 10.1. The first-order chi connectivity index (χ1) is 13.3. The molecule has 144 valence electrons. The van der Waals surface area contributed by atoms with Crippen LogP contribution in [0.2, 0.25) is 0 Å². The molecule has 2 heterocycles. The number of anilines is 1. The standard InChI is InChI=1S/C20H20FN5O2/c1-11-12(2)22-20(24-19(11)28)26-14(4)17(13(3)25-26)9-10-18(27)23-16-7-5-15(21)6-8-16/h5-8H,1,9-10H2,2-4H3,(H,23,27). The molecule has 1 N–H and O–H groups in total. The van der Waals surface area contributed by atoms with Crippen LogP contribution < -0.4 is 5.32 Å². The zero-order valence-corrected chi connectivity index (χ0v) is 15.9. The van der Waals surface area contributed by atoms with Crippen molar-refractivity contribution in [2.24, 2.45) is 9.98 Å². The van der Waals surface area contributed by atoms with E-state index in [4.69, 9.17) is 0 Å². The lowest BCUT2D eigenvalue weighted by Gasteiger charge is -2.11. The summed E-state index contributed by atoms with van der Waals surface area (Å²) in [5, 5.41) is 7.16. The largest absolute Gasteiger partial charge is 0.326 e. The first kappa shape index (κ1) is 19.3. The summed E-state index contributed by atoms with van der Waals surface area (Å²) in [6.45, 7) is 9.02. The Kier molecular flexibility index (Phi) is 5.30. The Bertz CT molecular complexity index is 1030. The third kappa shape index (κ3) is 3.95. The molecule has 2 amide bonds. The van der Waals surface area contributed by atoms with Gasteiger partial charge < -0.3 is 5.32 Å². The number of amides is 2. The van der Waals surface area contributed by atoms with Crippen LogP contribution in [0.1, 0.15) is 30.3 Å². The highest BCUT2D eigenvalue weighted by atomic mass is 19.1. The molecular weight excluding hydrogens is 361 g/mol. The van der Waals surface area contributed by atoms with Gasteiger partial charge >= 0.3 is 0 Å². The summed E-state index contributed by atoms with van der Waals surface area (Å²) in [4.78, 5) is 32.3. The van der Waals surface area contributed by atoms with Gasteiger partial charge in [-0.2, -0.15) is 10.1 Å². The number of carbonyl (C=O) groups excluding carboxylic acids is 2. The maximum atomic E-state index is 12.9. The fourth-order valence-corrected chi connectivity index (χ4v) is 2.88. The lowest BCUT2D eigenvalue weighted by Crippen LogP contribution is -2.23. The minimum Gasteiger partial charge on any atom is -0.326 e. The predicted molar refractivity (Wildman–Crippen MR) is 105 cm³/mol. The number of carbonyl (C=O) groups is 2. The topological polar surface area (TPSA) is 88.7 Å². The number of aliphatic imine (C=N–C) groups is 2. The number of benzene rings is 1. The minimum atomic E-state index is -0.435. The molecule has 0 unspecified atom stereocenters. The van der Waals surface area contributed by atoms with E-state index in [9.17, 15) is 14.0 Å². The zero-order chi connectivity index (χ0) is 20.4. The van der Waals surface area contributed by atoms with Crippen molar-refractivity contribution in [2.45, 2.75) is 33.6 Å². The number of halogens is 1. The maximum Gasteiger partial charge on any atom is 0.281 e. The summed E-state index contributed by atoms with van der Waals surface area (Å²) in [5.74, 6) is -0.788. The molecule has 28 heavy (non-hydrogen) atoms. The number of nitrogens with zero attached hydrogens (tertiary/aromatic N) is 4. The van der Waals surface area contributed by atoms with Gasteiger partial charge in [0.25, 0.3) is 11.9 Å². The molecule has 0 bridgehead atoms. The number of hydrogen-bond acceptors (Lipinski definition) is 4. The SMILES string of the molecule is C=C1C(=O)N=C(n2nc(C)c(CCC(=O)Nc3ccc(F)cc3)c2C)N=C1C. The summed E-state index contributed by atoms with van der Waals surface area (Å²) < 4.78 is 14.5. The number of rotatable bonds is 4. The molecule has 8 heteroatoms. The molecule has 1 aromatic carbocycles. The van der Waals surface area contributed by atoms with E-state index in [1.54, 1.807) is 6.92 Å². The molecule has 0 spiro atoms. The van der Waals surface area contributed by atoms with Gasteiger partial charge in [-0.1, -0.05) is 6.58 Å². The fourth-order valence-electron chi connectivity index (χ4n) is 2.88. The number of hydrogen-bond donors (Lipinski definition) is 1. The summed E-state index contributed by atoms with van der Waals surface area (Å²) in [6.07, 6.45) is 0.691. The van der Waals surface area contributed by atoms with Gasteiger partial charge in [-0.05, 0) is 57.0 Å². The molecule has 0 saturated heterocycles. The monoisotopic (exact) mass is 381 g/mol. The number of aryl methyl sites for hydroxylation is 1. The van der Waals surface area contributed by atoms with Crippen molar-refractivity contribution in [2.75, 3.05) is 5.32 Å². The van der Waals surface area contributed by atoms with E-state index in [2.05, 4.69) is 27.0 Å². The molecule has 7 nitrogen and oxygen atoms in total. The highest BCUT2D eigenvalue weighted by molar-refractivity contribution is 6.27. The molecule has 1 aromatic heterocycles. The molecule has 1 aliphatic rings. The summed E-state index contributed by atoms with van der Waals surface area (Å²) in [6, 6.07) is 5.59. The first-order valence-corrected chi connectivity index (χ1v) is 8.74. The van der Waals surface area contributed by atoms with E-state index >= 15 is 0 Å². The van der Waals surface area contributed by atoms with Crippen LogP contribution in [-0.4, -0.2) is 33.3 Å². The Balaban J connectivity index is 1.73. The maximum absolute atomic E-state index is 12.9. The van der Waals surface area contributed by atoms with Gasteiger partial charge in [0.15, 0.2) is 0 Å². The van der Waals surface area contributed by atoms with Gasteiger partial charge in [0.05, 0.1) is 17.0 Å². The smallest absolute Gasteiger partial charge is 0.281 e. The zero-order valence-electron chi connectivity index (χ0n) is 15.9. The van der Waals surface area contributed by atoms with E-state index < -0.39 is 5.91 Å². The molecule has 0 atom stereocenters. The molecular formula is C20H20FN5O2. The van der Waals surface area contributed by atoms with Gasteiger partial charge in [0, 0.05) is 17.8 Å². The summed E-state index contributed by atoms with van der Waals surface area (Å²) in [7, 11) is 0. The molecule has 0 aliphatic carbocycles. The Hall–Kier alpha value is -3.42. The molecule has 3 rings (SSSR count). The highest BCUT2D eigenvalue weighted by Gasteiger charge is 2.22. The van der Waals surface area contributed by atoms with Gasteiger partial charge in [0.2, 0.25) is 5.91 Å². The van der Waals surface area contributed by atoms with Crippen LogP contribution in [0.3, 0.4) is 0 Å². The quantitative estimate of drug-likeness (QED) is 0.826. The van der Waals surface area contributed by atoms with E-state index in [0.29, 0.717) is 17.8 Å². The van der Waals surface area contributed by atoms with Crippen molar-refractivity contribution < 1.29 is 14.0 Å². The highest BCUT2D eigenvalue weighted by Crippen LogP contribution is 2.18. The molecule has 0 radical (unpaired) electrons. The third-order valence-corrected chi connectivity index (χ3v) is 4.52. The molecule has 0 fully saturated rings. The van der Waals surface area contributed by atoms with E-state index in [1.807, 2.05) is 13.8 Å². The van der Waals surface area contributed by atoms with Crippen LogP contribution in [0.4, 0.5) is 10.1 Å². The van der Waals surface area contributed by atoms with Crippen molar-refractivity contribution in [3.05, 3.63) is 59.2 Å². The Labute approximate surface area is 161 Å². The summed E-state index contributed by atoms with van der Waals surface area (Å²) in [5.41, 5.74) is 3.70. The second-order valence-electron chi connectivity index (χ2n) is 6.51. The molecule has 2 aromatic rings. The first-order valence-electron chi connectivity index (χ1n) is 8.74. The van der Waals surface area contributed by atoms with Crippen LogP contribution in [-0.2, 0) is 16.0 Å². The normalized spacial score (nSPS) is 14.0. The number of aromatic nitrogens is 2. The summed E-state index contributed by atoms with van der Waals surface area (Å²) >= 11 is 0. The van der Waals surface area contributed by atoms with Crippen LogP contribution in [0.15, 0.2) is 46.4 Å². The van der Waals surface area contributed by atoms with Crippen molar-refractivity contribution in [3.8, 4) is 0 Å². The van der Waals surface area contributed by atoms with Crippen molar-refractivity contribution >= 4 is 29.2 Å². The fraction of sp³-hybridized carbons (Fsp3) is 0.250. The Morgan fingerprint density at radius 2 is 1.86 bits per heavy atom. The number of nitrogens with one attached hydrogen (secondary N) is 1. The van der Waals surface area contributed by atoms with Crippen LogP contribution >= 0.6 is 0 Å². The molecule has 1 aliphatic heterocycles. The second-order valence-corrected chi connectivity index (χ2v) is 6.51. The predicted octanol–water partition coefficient (Wildman–Crippen LogP) is 2.97. The van der Waals surface area contributed by atoms with Crippen molar-refractivity contribution in [3.63, 3.8) is 0 Å². The average Bonchev–Trinajstić information content (AvgIpc) is 2.93. The van der Waals surface area contributed by atoms with Crippen LogP contribution in [0.25, 0.3) is 0 Å². The van der Waals surface area contributed by atoms with Crippen molar-refractivity contribution in [1.82, 2.24) is 9.78 Å². The Morgan fingerprint density at radius 1 is 1.18 bits per heavy atom. The van der Waals surface area contributed by atoms with E-state index in [-0.39, 0.29) is 29.7 Å². The van der Waals surface area contributed by atoms with Gasteiger partial charge in [-0.3, -0.25) is 9.59 Å². The second kappa shape index (κ2) is 7.67. The van der Waals surface area contributed by atoms with Crippen LogP contribution in [0, 0.1) is 19.7 Å². The van der Waals surface area contributed by atoms with Crippen LogP contribution in [0.5, 0.6) is 0 Å². The Morgan fingerprint density at radius 3 is 2.50 bits per heavy atom. The van der Waals surface area contributed by atoms with Crippen molar-refractivity contribution in [1.29, 1.82) is 0 Å². The lowest BCUT2D eigenvalue weighted by molar-refractivity contribution is -0.116. The van der Waals surface area contributed by atoms with Gasteiger partial charge in [-0.15, -0.1) is 0 Å². The van der Waals surface area contributed by atoms with Gasteiger partial charge in [0.1, 0.15) is 5.82 Å². The van der Waals surface area contributed by atoms with Gasteiger partial charge in [-0.25, -0.2) is 14.1 Å². The third-order valence-electron chi connectivity index (χ3n) is 4.52. The average molecular weight is 381 g/mol. The van der Waals surface area contributed by atoms with E-state index in [0.717, 1.165) is 17.0 Å².